The van der Waals surface area contributed by atoms with Crippen LogP contribution in [-0.4, -0.2) is 54.7 Å². The number of piperazine rings is 1. The molecule has 0 bridgehead atoms. The highest BCUT2D eigenvalue weighted by atomic mass is 16.5. The number of methoxy groups -OCH3 is 1. The number of ether oxygens (including phenoxy) is 1. The normalized spacial score (nSPS) is 16.0. The smallest absolute Gasteiger partial charge is 0.228 e. The average Bonchev–Trinajstić information content (AvgIpc) is 2.63. The fourth-order valence-corrected chi connectivity index (χ4v) is 2.63. The van der Waals surface area contributed by atoms with E-state index in [9.17, 15) is 0 Å². The third-order valence-electron chi connectivity index (χ3n) is 3.96. The van der Waals surface area contributed by atoms with Gasteiger partial charge in [-0.1, -0.05) is 42.5 Å². The van der Waals surface area contributed by atoms with E-state index in [0.717, 1.165) is 38.7 Å². The van der Waals surface area contributed by atoms with E-state index in [1.165, 1.54) is 5.56 Å². The van der Waals surface area contributed by atoms with Crippen LogP contribution < -0.4 is 9.64 Å². The first kappa shape index (κ1) is 15.5. The third-order valence-corrected chi connectivity index (χ3v) is 3.96. The largest absolute Gasteiger partial charge is 0.481 e. The number of hydrogen-bond donors (Lipinski definition) is 0. The van der Waals surface area contributed by atoms with Crippen LogP contribution in [0.1, 0.15) is 5.56 Å². The first-order valence-electron chi connectivity index (χ1n) is 7.91. The molecule has 0 spiro atoms. The van der Waals surface area contributed by atoms with Crippen LogP contribution >= 0.6 is 0 Å². The summed E-state index contributed by atoms with van der Waals surface area (Å²) in [7, 11) is 1.63. The van der Waals surface area contributed by atoms with Gasteiger partial charge < -0.3 is 9.64 Å². The summed E-state index contributed by atoms with van der Waals surface area (Å²) in [5.74, 6) is 1.37. The van der Waals surface area contributed by atoms with Gasteiger partial charge in [-0.2, -0.15) is 4.98 Å². The first-order valence-corrected chi connectivity index (χ1v) is 7.91. The van der Waals surface area contributed by atoms with Crippen molar-refractivity contribution in [2.24, 2.45) is 0 Å². The van der Waals surface area contributed by atoms with Crippen molar-refractivity contribution in [3.8, 4) is 5.88 Å². The SMILES string of the molecule is COc1ccnc(N2CCN(C/C=C/c3ccccc3)CC2)n1. The molecule has 23 heavy (non-hydrogen) atoms. The van der Waals surface area contributed by atoms with Crippen molar-refractivity contribution in [1.29, 1.82) is 0 Å². The maximum Gasteiger partial charge on any atom is 0.228 e. The molecule has 0 radical (unpaired) electrons. The van der Waals surface area contributed by atoms with Gasteiger partial charge in [0, 0.05) is 45.0 Å². The predicted molar refractivity (Wildman–Crippen MR) is 92.7 cm³/mol. The number of rotatable bonds is 5. The summed E-state index contributed by atoms with van der Waals surface area (Å²) in [6, 6.07) is 12.2. The molecular weight excluding hydrogens is 288 g/mol. The third kappa shape index (κ3) is 4.29. The number of nitrogens with zero attached hydrogens (tertiary/aromatic N) is 4. The summed E-state index contributed by atoms with van der Waals surface area (Å²) in [5.41, 5.74) is 1.25. The van der Waals surface area contributed by atoms with E-state index in [2.05, 4.69) is 56.2 Å². The first-order chi connectivity index (χ1) is 11.3. The van der Waals surface area contributed by atoms with Crippen LogP contribution in [-0.2, 0) is 0 Å². The molecule has 1 aromatic carbocycles. The van der Waals surface area contributed by atoms with Gasteiger partial charge in [0.25, 0.3) is 0 Å². The Labute approximate surface area is 137 Å². The second-order valence-corrected chi connectivity index (χ2v) is 5.50. The highest BCUT2D eigenvalue weighted by Gasteiger charge is 2.18. The second-order valence-electron chi connectivity index (χ2n) is 5.50. The zero-order valence-corrected chi connectivity index (χ0v) is 13.4. The molecule has 0 saturated carbocycles. The lowest BCUT2D eigenvalue weighted by atomic mass is 10.2. The quantitative estimate of drug-likeness (QED) is 0.848. The molecule has 0 unspecified atom stereocenters. The molecule has 0 atom stereocenters. The highest BCUT2D eigenvalue weighted by Crippen LogP contribution is 2.14. The molecule has 1 aromatic heterocycles. The van der Waals surface area contributed by atoms with Crippen molar-refractivity contribution in [1.82, 2.24) is 14.9 Å². The van der Waals surface area contributed by atoms with Gasteiger partial charge in [0.15, 0.2) is 0 Å². The van der Waals surface area contributed by atoms with E-state index in [0.29, 0.717) is 5.88 Å². The van der Waals surface area contributed by atoms with Crippen molar-refractivity contribution in [3.63, 3.8) is 0 Å². The lowest BCUT2D eigenvalue weighted by molar-refractivity contribution is 0.282. The van der Waals surface area contributed by atoms with Gasteiger partial charge in [0.2, 0.25) is 11.8 Å². The molecule has 120 valence electrons. The minimum atomic E-state index is 0.614. The molecule has 0 aliphatic carbocycles. The molecule has 5 nitrogen and oxygen atoms in total. The van der Waals surface area contributed by atoms with Crippen LogP contribution in [0.5, 0.6) is 5.88 Å². The summed E-state index contributed by atoms with van der Waals surface area (Å²) in [5, 5.41) is 0. The van der Waals surface area contributed by atoms with Gasteiger partial charge in [-0.3, -0.25) is 4.90 Å². The van der Waals surface area contributed by atoms with Crippen molar-refractivity contribution in [3.05, 3.63) is 54.2 Å². The zero-order chi connectivity index (χ0) is 15.9. The number of benzene rings is 1. The Kier molecular flexibility index (Phi) is 5.21. The highest BCUT2D eigenvalue weighted by molar-refractivity contribution is 5.48. The monoisotopic (exact) mass is 310 g/mol. The standard InChI is InChI=1S/C18H22N4O/c1-23-17-9-10-19-18(20-17)22-14-12-21(13-15-22)11-5-8-16-6-3-2-4-7-16/h2-10H,11-15H2,1H3/b8-5+. The maximum atomic E-state index is 5.16. The number of hydrogen-bond acceptors (Lipinski definition) is 5. The Balaban J connectivity index is 1.49. The van der Waals surface area contributed by atoms with E-state index >= 15 is 0 Å². The molecular formula is C18H22N4O. The van der Waals surface area contributed by atoms with Gasteiger partial charge >= 0.3 is 0 Å². The summed E-state index contributed by atoms with van der Waals surface area (Å²) in [4.78, 5) is 13.4. The van der Waals surface area contributed by atoms with Crippen molar-refractivity contribution >= 4 is 12.0 Å². The zero-order valence-electron chi connectivity index (χ0n) is 13.4. The molecule has 5 heteroatoms. The van der Waals surface area contributed by atoms with Crippen molar-refractivity contribution in [2.45, 2.75) is 0 Å². The van der Waals surface area contributed by atoms with Crippen molar-refractivity contribution < 1.29 is 4.74 Å². The minimum Gasteiger partial charge on any atom is -0.481 e. The molecule has 1 saturated heterocycles. The topological polar surface area (TPSA) is 41.5 Å². The van der Waals surface area contributed by atoms with E-state index in [1.807, 2.05) is 6.07 Å². The van der Waals surface area contributed by atoms with Crippen LogP contribution in [0.3, 0.4) is 0 Å². The van der Waals surface area contributed by atoms with Crippen molar-refractivity contribution in [2.75, 3.05) is 44.7 Å². The molecule has 1 aliphatic rings. The lowest BCUT2D eigenvalue weighted by Gasteiger charge is -2.34. The molecule has 3 rings (SSSR count). The van der Waals surface area contributed by atoms with Crippen LogP contribution in [0.15, 0.2) is 48.7 Å². The Hall–Kier alpha value is -2.40. The molecule has 1 aliphatic heterocycles. The Morgan fingerprint density at radius 2 is 1.87 bits per heavy atom. The van der Waals surface area contributed by atoms with Gasteiger partial charge in [0.05, 0.1) is 7.11 Å². The van der Waals surface area contributed by atoms with E-state index in [1.54, 1.807) is 19.4 Å². The molecule has 0 amide bonds. The number of anilines is 1. The van der Waals surface area contributed by atoms with Gasteiger partial charge in [-0.05, 0) is 5.56 Å². The molecule has 2 aromatic rings. The number of aromatic nitrogens is 2. The maximum absolute atomic E-state index is 5.16. The Morgan fingerprint density at radius 1 is 1.09 bits per heavy atom. The van der Waals surface area contributed by atoms with E-state index in [-0.39, 0.29) is 0 Å². The summed E-state index contributed by atoms with van der Waals surface area (Å²) >= 11 is 0. The fraction of sp³-hybridized carbons (Fsp3) is 0.333. The van der Waals surface area contributed by atoms with Gasteiger partial charge in [-0.15, -0.1) is 0 Å². The Morgan fingerprint density at radius 3 is 2.61 bits per heavy atom. The second kappa shape index (κ2) is 7.74. The molecule has 2 heterocycles. The lowest BCUT2D eigenvalue weighted by Crippen LogP contribution is -2.46. The van der Waals surface area contributed by atoms with Gasteiger partial charge in [-0.25, -0.2) is 4.98 Å². The minimum absolute atomic E-state index is 0.614. The van der Waals surface area contributed by atoms with Crippen LogP contribution in [0.25, 0.3) is 6.08 Å². The van der Waals surface area contributed by atoms with Crippen LogP contribution in [0.2, 0.25) is 0 Å². The Bertz CT molecular complexity index is 636. The average molecular weight is 310 g/mol. The van der Waals surface area contributed by atoms with E-state index < -0.39 is 0 Å². The van der Waals surface area contributed by atoms with Crippen LogP contribution in [0.4, 0.5) is 5.95 Å². The van der Waals surface area contributed by atoms with Crippen LogP contribution in [0, 0.1) is 0 Å². The summed E-state index contributed by atoms with van der Waals surface area (Å²) in [6.45, 7) is 4.87. The van der Waals surface area contributed by atoms with Gasteiger partial charge in [0.1, 0.15) is 0 Å². The fourth-order valence-electron chi connectivity index (χ4n) is 2.63. The summed E-state index contributed by atoms with van der Waals surface area (Å²) < 4.78 is 5.16. The summed E-state index contributed by atoms with van der Waals surface area (Å²) in [6.07, 6.45) is 6.15. The molecule has 1 fully saturated rings. The van der Waals surface area contributed by atoms with E-state index in [4.69, 9.17) is 4.74 Å². The predicted octanol–water partition coefficient (Wildman–Crippen LogP) is 2.32. The molecule has 0 N–H and O–H groups in total.